The summed E-state index contributed by atoms with van der Waals surface area (Å²) in [6, 6.07) is 4.56. The maximum Gasteiger partial charge on any atom is 0.294 e. The number of fused-ring (bicyclic) bond motifs is 1. The van der Waals surface area contributed by atoms with Gasteiger partial charge in [0, 0.05) is 10.6 Å². The molecular formula is C10H11NO3S2. The normalized spacial score (nSPS) is 15.0. The van der Waals surface area contributed by atoms with Gasteiger partial charge in [0.15, 0.2) is 0 Å². The number of hydrogen-bond acceptors (Lipinski definition) is 4. The third-order valence-corrected chi connectivity index (χ3v) is 4.09. The van der Waals surface area contributed by atoms with Crippen LogP contribution in [0, 0.1) is 0 Å². The van der Waals surface area contributed by atoms with Crippen LogP contribution in [0.15, 0.2) is 33.7 Å². The van der Waals surface area contributed by atoms with E-state index in [0.29, 0.717) is 0 Å². The first-order valence-electron chi connectivity index (χ1n) is 4.75. The van der Waals surface area contributed by atoms with Crippen LogP contribution < -0.4 is 4.72 Å². The molecule has 0 bridgehead atoms. The lowest BCUT2D eigenvalue weighted by molar-refractivity contribution is 0.483. The average Bonchev–Trinajstić information content (AvgIpc) is 2.26. The summed E-state index contributed by atoms with van der Waals surface area (Å²) in [5.41, 5.74) is 1.85. The molecule has 6 heteroatoms. The second-order valence-corrected chi connectivity index (χ2v) is 5.67. The van der Waals surface area contributed by atoms with Crippen molar-refractivity contribution in [1.29, 1.82) is 0 Å². The molecular weight excluding hydrogens is 246 g/mol. The molecule has 0 saturated carbocycles. The van der Waals surface area contributed by atoms with Gasteiger partial charge in [0.1, 0.15) is 0 Å². The number of benzene rings is 1. The quantitative estimate of drug-likeness (QED) is 0.628. The Morgan fingerprint density at radius 1 is 1.44 bits per heavy atom. The Morgan fingerprint density at radius 2 is 2.19 bits per heavy atom. The maximum atomic E-state index is 11.0. The highest BCUT2D eigenvalue weighted by Gasteiger charge is 2.15. The topological polar surface area (TPSA) is 66.4 Å². The maximum absolute atomic E-state index is 11.0. The standard InChI is InChI=1S/C10H11NO3S2/c1-2-8-5-7-6-9(16(12,13)14)3-4-10(7)15-11-8/h3-6,11H,2H2,1H3,(H,12,13,14). The van der Waals surface area contributed by atoms with Gasteiger partial charge >= 0.3 is 0 Å². The molecule has 1 aromatic carbocycles. The monoisotopic (exact) mass is 257 g/mol. The van der Waals surface area contributed by atoms with Crippen LogP contribution in [0.1, 0.15) is 18.9 Å². The molecule has 16 heavy (non-hydrogen) atoms. The SMILES string of the molecule is CCC1=Cc2cc(S(=O)(=O)O)ccc2SN1. The van der Waals surface area contributed by atoms with Gasteiger partial charge in [-0.15, -0.1) is 0 Å². The summed E-state index contributed by atoms with van der Waals surface area (Å²) >= 11 is 1.45. The Labute approximate surface area is 98.6 Å². The molecule has 0 aromatic heterocycles. The van der Waals surface area contributed by atoms with Crippen molar-refractivity contribution in [1.82, 2.24) is 4.72 Å². The van der Waals surface area contributed by atoms with Crippen molar-refractivity contribution < 1.29 is 13.0 Å². The largest absolute Gasteiger partial charge is 0.329 e. The molecule has 0 aliphatic carbocycles. The van der Waals surface area contributed by atoms with E-state index in [1.54, 1.807) is 6.07 Å². The van der Waals surface area contributed by atoms with Gasteiger partial charge in [-0.1, -0.05) is 6.92 Å². The van der Waals surface area contributed by atoms with Crippen LogP contribution in [0.2, 0.25) is 0 Å². The molecule has 0 spiro atoms. The van der Waals surface area contributed by atoms with Gasteiger partial charge in [0.25, 0.3) is 10.1 Å². The molecule has 0 radical (unpaired) electrons. The van der Waals surface area contributed by atoms with Gasteiger partial charge in [0.05, 0.1) is 4.90 Å². The van der Waals surface area contributed by atoms with Crippen LogP contribution in [0.25, 0.3) is 6.08 Å². The molecule has 4 nitrogen and oxygen atoms in total. The Balaban J connectivity index is 2.51. The van der Waals surface area contributed by atoms with E-state index < -0.39 is 10.1 Å². The third kappa shape index (κ3) is 2.23. The first-order valence-corrected chi connectivity index (χ1v) is 7.01. The van der Waals surface area contributed by atoms with E-state index in [-0.39, 0.29) is 4.90 Å². The zero-order chi connectivity index (χ0) is 11.8. The Hall–Kier alpha value is -0.980. The zero-order valence-electron chi connectivity index (χ0n) is 8.60. The van der Waals surface area contributed by atoms with Crippen LogP contribution in [0.5, 0.6) is 0 Å². The van der Waals surface area contributed by atoms with Crippen molar-refractivity contribution in [2.75, 3.05) is 0 Å². The fourth-order valence-electron chi connectivity index (χ4n) is 1.40. The lowest BCUT2D eigenvalue weighted by atomic mass is 10.1. The summed E-state index contributed by atoms with van der Waals surface area (Å²) < 4.78 is 34.1. The molecule has 86 valence electrons. The van der Waals surface area contributed by atoms with E-state index in [4.69, 9.17) is 4.55 Å². The number of hydrogen-bond donors (Lipinski definition) is 2. The second-order valence-electron chi connectivity index (χ2n) is 3.40. The van der Waals surface area contributed by atoms with Crippen molar-refractivity contribution in [2.24, 2.45) is 0 Å². The molecule has 0 amide bonds. The van der Waals surface area contributed by atoms with E-state index in [0.717, 1.165) is 22.6 Å². The third-order valence-electron chi connectivity index (χ3n) is 2.28. The van der Waals surface area contributed by atoms with E-state index in [9.17, 15) is 8.42 Å². The Morgan fingerprint density at radius 3 is 2.81 bits per heavy atom. The number of rotatable bonds is 2. The summed E-state index contributed by atoms with van der Waals surface area (Å²) in [6.45, 7) is 2.01. The van der Waals surface area contributed by atoms with E-state index in [1.165, 1.54) is 24.1 Å². The zero-order valence-corrected chi connectivity index (χ0v) is 10.2. The average molecular weight is 257 g/mol. The van der Waals surface area contributed by atoms with E-state index in [1.807, 2.05) is 13.0 Å². The van der Waals surface area contributed by atoms with Gasteiger partial charge in [-0.3, -0.25) is 4.55 Å². The predicted molar refractivity (Wildman–Crippen MR) is 63.5 cm³/mol. The number of allylic oxidation sites excluding steroid dienone is 1. The fraction of sp³-hybridized carbons (Fsp3) is 0.200. The van der Waals surface area contributed by atoms with Crippen LogP contribution >= 0.6 is 11.9 Å². The van der Waals surface area contributed by atoms with E-state index in [2.05, 4.69) is 4.72 Å². The van der Waals surface area contributed by atoms with Gasteiger partial charge in [-0.05, 0) is 48.2 Å². The van der Waals surface area contributed by atoms with Crippen LogP contribution in [0.3, 0.4) is 0 Å². The van der Waals surface area contributed by atoms with Gasteiger partial charge < -0.3 is 4.72 Å². The molecule has 0 unspecified atom stereocenters. The smallest absolute Gasteiger partial charge is 0.294 e. The van der Waals surface area contributed by atoms with Gasteiger partial charge in [-0.2, -0.15) is 8.42 Å². The Kier molecular flexibility index (Phi) is 2.96. The predicted octanol–water partition coefficient (Wildman–Crippen LogP) is 2.29. The van der Waals surface area contributed by atoms with Crippen LogP contribution in [-0.2, 0) is 10.1 Å². The van der Waals surface area contributed by atoms with Crippen molar-refractivity contribution in [3.05, 3.63) is 29.5 Å². The number of nitrogens with one attached hydrogen (secondary N) is 1. The lowest BCUT2D eigenvalue weighted by Gasteiger charge is -2.16. The van der Waals surface area contributed by atoms with Crippen molar-refractivity contribution in [2.45, 2.75) is 23.1 Å². The molecule has 0 fully saturated rings. The molecule has 2 rings (SSSR count). The minimum absolute atomic E-state index is 0.0690. The van der Waals surface area contributed by atoms with Crippen LogP contribution in [0.4, 0.5) is 0 Å². The first kappa shape index (κ1) is 11.5. The molecule has 1 aliphatic rings. The summed E-state index contributed by atoms with van der Waals surface area (Å²) in [5.74, 6) is 0. The molecule has 0 atom stereocenters. The van der Waals surface area contributed by atoms with Crippen molar-refractivity contribution in [3.8, 4) is 0 Å². The molecule has 1 aliphatic heterocycles. The Bertz CT molecular complexity index is 549. The first-order chi connectivity index (χ1) is 7.50. The summed E-state index contributed by atoms with van der Waals surface area (Å²) in [4.78, 5) is 0.880. The van der Waals surface area contributed by atoms with Crippen molar-refractivity contribution >= 4 is 28.1 Å². The second kappa shape index (κ2) is 4.12. The highest BCUT2D eigenvalue weighted by atomic mass is 32.2. The summed E-state index contributed by atoms with van der Waals surface area (Å²) in [5, 5.41) is 0. The van der Waals surface area contributed by atoms with Gasteiger partial charge in [-0.25, -0.2) is 0 Å². The van der Waals surface area contributed by atoms with Crippen molar-refractivity contribution in [3.63, 3.8) is 0 Å². The van der Waals surface area contributed by atoms with Gasteiger partial charge in [0.2, 0.25) is 0 Å². The fourth-order valence-corrected chi connectivity index (χ4v) is 2.74. The summed E-state index contributed by atoms with van der Waals surface area (Å²) in [7, 11) is -4.12. The lowest BCUT2D eigenvalue weighted by Crippen LogP contribution is -2.08. The van der Waals surface area contributed by atoms with E-state index >= 15 is 0 Å². The highest BCUT2D eigenvalue weighted by molar-refractivity contribution is 7.97. The molecule has 1 heterocycles. The van der Waals surface area contributed by atoms with Crippen LogP contribution in [-0.4, -0.2) is 13.0 Å². The summed E-state index contributed by atoms with van der Waals surface area (Å²) in [6.07, 6.45) is 2.74. The minimum atomic E-state index is -4.12. The highest BCUT2D eigenvalue weighted by Crippen LogP contribution is 2.30. The molecule has 0 saturated heterocycles. The minimum Gasteiger partial charge on any atom is -0.329 e. The molecule has 2 N–H and O–H groups in total. The molecule has 1 aromatic rings.